The number of hydrogen-bond donors (Lipinski definition) is 1. The maximum atomic E-state index is 12.8. The number of nitrogens with zero attached hydrogens (tertiary/aromatic N) is 1. The fraction of sp³-hybridized carbons (Fsp3) is 0.136. The standard InChI is InChI=1S/C22H19ClN2O3S/c23-19-7-11-21(12-8-19)29(27,28)24-20-9-5-17(6-10-20)22(26)25-14-13-16-3-1-2-4-18(16)15-25/h1-12,24H,13-15H2. The van der Waals surface area contributed by atoms with E-state index < -0.39 is 10.0 Å². The molecular weight excluding hydrogens is 408 g/mol. The molecule has 0 saturated carbocycles. The average molecular weight is 427 g/mol. The van der Waals surface area contributed by atoms with Crippen LogP contribution in [0.1, 0.15) is 21.5 Å². The lowest BCUT2D eigenvalue weighted by Gasteiger charge is -2.29. The second-order valence-electron chi connectivity index (χ2n) is 6.88. The highest BCUT2D eigenvalue weighted by Crippen LogP contribution is 2.22. The van der Waals surface area contributed by atoms with Gasteiger partial charge in [0, 0.05) is 29.4 Å². The lowest BCUT2D eigenvalue weighted by atomic mass is 9.99. The van der Waals surface area contributed by atoms with Gasteiger partial charge in [-0.1, -0.05) is 35.9 Å². The van der Waals surface area contributed by atoms with Crippen LogP contribution in [0.15, 0.2) is 77.7 Å². The van der Waals surface area contributed by atoms with Gasteiger partial charge in [-0.2, -0.15) is 0 Å². The van der Waals surface area contributed by atoms with Crippen LogP contribution in [0.5, 0.6) is 0 Å². The molecule has 148 valence electrons. The number of amides is 1. The van der Waals surface area contributed by atoms with Crippen molar-refractivity contribution in [3.05, 3.63) is 94.5 Å². The first kappa shape index (κ1) is 19.5. The quantitative estimate of drug-likeness (QED) is 0.674. The molecule has 0 bridgehead atoms. The third kappa shape index (κ3) is 4.28. The van der Waals surface area contributed by atoms with E-state index in [0.29, 0.717) is 29.4 Å². The van der Waals surface area contributed by atoms with Crippen molar-refractivity contribution in [2.75, 3.05) is 11.3 Å². The molecule has 0 atom stereocenters. The minimum absolute atomic E-state index is 0.0633. The van der Waals surface area contributed by atoms with E-state index in [1.807, 2.05) is 23.1 Å². The number of rotatable bonds is 4. The molecule has 3 aromatic carbocycles. The van der Waals surface area contributed by atoms with Gasteiger partial charge < -0.3 is 4.90 Å². The van der Waals surface area contributed by atoms with Gasteiger partial charge in [0.1, 0.15) is 0 Å². The Bertz CT molecular complexity index is 1140. The zero-order valence-corrected chi connectivity index (χ0v) is 17.1. The summed E-state index contributed by atoms with van der Waals surface area (Å²) in [6.07, 6.45) is 0.834. The van der Waals surface area contributed by atoms with Gasteiger partial charge in [-0.25, -0.2) is 8.42 Å². The van der Waals surface area contributed by atoms with Gasteiger partial charge in [-0.3, -0.25) is 9.52 Å². The van der Waals surface area contributed by atoms with Gasteiger partial charge in [-0.05, 0) is 66.1 Å². The predicted octanol–water partition coefficient (Wildman–Crippen LogP) is 4.34. The summed E-state index contributed by atoms with van der Waals surface area (Å²) in [4.78, 5) is 14.8. The number of fused-ring (bicyclic) bond motifs is 1. The zero-order valence-electron chi connectivity index (χ0n) is 15.5. The van der Waals surface area contributed by atoms with Crippen LogP contribution in [0.3, 0.4) is 0 Å². The number of hydrogen-bond acceptors (Lipinski definition) is 3. The SMILES string of the molecule is O=C(c1ccc(NS(=O)(=O)c2ccc(Cl)cc2)cc1)N1CCc2ccccc2C1. The molecule has 0 aliphatic carbocycles. The molecule has 0 spiro atoms. The Labute approximate surface area is 175 Å². The molecule has 1 aliphatic rings. The van der Waals surface area contributed by atoms with E-state index >= 15 is 0 Å². The summed E-state index contributed by atoms with van der Waals surface area (Å²) < 4.78 is 27.4. The molecule has 3 aromatic rings. The maximum Gasteiger partial charge on any atom is 0.261 e. The van der Waals surface area contributed by atoms with E-state index in [2.05, 4.69) is 10.8 Å². The smallest absolute Gasteiger partial charge is 0.261 e. The Kier molecular flexibility index (Phi) is 5.30. The number of carbonyl (C=O) groups excluding carboxylic acids is 1. The Morgan fingerprint density at radius 3 is 2.24 bits per heavy atom. The topological polar surface area (TPSA) is 66.5 Å². The van der Waals surface area contributed by atoms with Gasteiger partial charge in [0.15, 0.2) is 0 Å². The van der Waals surface area contributed by atoms with Gasteiger partial charge >= 0.3 is 0 Å². The first-order valence-electron chi connectivity index (χ1n) is 9.17. The molecule has 7 heteroatoms. The summed E-state index contributed by atoms with van der Waals surface area (Å²) in [5, 5.41) is 0.465. The summed E-state index contributed by atoms with van der Waals surface area (Å²) in [7, 11) is -3.72. The van der Waals surface area contributed by atoms with Crippen LogP contribution in [0.25, 0.3) is 0 Å². The summed E-state index contributed by atoms with van der Waals surface area (Å²) >= 11 is 5.81. The summed E-state index contributed by atoms with van der Waals surface area (Å²) in [6, 6.07) is 20.5. The van der Waals surface area contributed by atoms with Crippen molar-refractivity contribution in [1.29, 1.82) is 0 Å². The van der Waals surface area contributed by atoms with Crippen LogP contribution in [0, 0.1) is 0 Å². The largest absolute Gasteiger partial charge is 0.334 e. The molecule has 1 heterocycles. The summed E-state index contributed by atoms with van der Waals surface area (Å²) in [5.41, 5.74) is 3.36. The van der Waals surface area contributed by atoms with Crippen LogP contribution in [-0.2, 0) is 23.0 Å². The lowest BCUT2D eigenvalue weighted by Crippen LogP contribution is -2.35. The predicted molar refractivity (Wildman–Crippen MR) is 114 cm³/mol. The number of nitrogens with one attached hydrogen (secondary N) is 1. The fourth-order valence-electron chi connectivity index (χ4n) is 3.36. The molecule has 0 aromatic heterocycles. The van der Waals surface area contributed by atoms with Crippen molar-refractivity contribution >= 4 is 33.2 Å². The highest BCUT2D eigenvalue weighted by atomic mass is 35.5. The molecule has 0 fully saturated rings. The van der Waals surface area contributed by atoms with Crippen molar-refractivity contribution < 1.29 is 13.2 Å². The average Bonchev–Trinajstić information content (AvgIpc) is 2.73. The Morgan fingerprint density at radius 2 is 1.55 bits per heavy atom. The first-order valence-corrected chi connectivity index (χ1v) is 11.0. The van der Waals surface area contributed by atoms with E-state index in [-0.39, 0.29) is 10.8 Å². The lowest BCUT2D eigenvalue weighted by molar-refractivity contribution is 0.0734. The van der Waals surface area contributed by atoms with Crippen LogP contribution >= 0.6 is 11.6 Å². The molecular formula is C22H19ClN2O3S. The van der Waals surface area contributed by atoms with Crippen LogP contribution < -0.4 is 4.72 Å². The highest BCUT2D eigenvalue weighted by molar-refractivity contribution is 7.92. The second kappa shape index (κ2) is 7.89. The van der Waals surface area contributed by atoms with E-state index in [4.69, 9.17) is 11.6 Å². The Hall–Kier alpha value is -2.83. The minimum Gasteiger partial charge on any atom is -0.334 e. The highest BCUT2D eigenvalue weighted by Gasteiger charge is 2.21. The van der Waals surface area contributed by atoms with E-state index in [1.165, 1.54) is 35.4 Å². The van der Waals surface area contributed by atoms with Gasteiger partial charge in [0.05, 0.1) is 4.90 Å². The van der Waals surface area contributed by atoms with Crippen molar-refractivity contribution in [2.24, 2.45) is 0 Å². The zero-order chi connectivity index (χ0) is 20.4. The fourth-order valence-corrected chi connectivity index (χ4v) is 4.54. The van der Waals surface area contributed by atoms with Gasteiger partial charge in [0.2, 0.25) is 0 Å². The first-order chi connectivity index (χ1) is 13.9. The van der Waals surface area contributed by atoms with Crippen LogP contribution in [-0.4, -0.2) is 25.8 Å². The van der Waals surface area contributed by atoms with Crippen molar-refractivity contribution in [2.45, 2.75) is 17.9 Å². The van der Waals surface area contributed by atoms with Gasteiger partial charge in [0.25, 0.3) is 15.9 Å². The van der Waals surface area contributed by atoms with Crippen molar-refractivity contribution in [3.63, 3.8) is 0 Å². The van der Waals surface area contributed by atoms with Crippen molar-refractivity contribution in [1.82, 2.24) is 4.90 Å². The number of halogens is 1. The molecule has 0 radical (unpaired) electrons. The van der Waals surface area contributed by atoms with Gasteiger partial charge in [-0.15, -0.1) is 0 Å². The number of anilines is 1. The normalized spacial score (nSPS) is 13.6. The molecule has 0 saturated heterocycles. The third-order valence-electron chi connectivity index (χ3n) is 4.93. The van der Waals surface area contributed by atoms with Crippen LogP contribution in [0.4, 0.5) is 5.69 Å². The Morgan fingerprint density at radius 1 is 0.897 bits per heavy atom. The number of sulfonamides is 1. The van der Waals surface area contributed by atoms with E-state index in [9.17, 15) is 13.2 Å². The maximum absolute atomic E-state index is 12.8. The van der Waals surface area contributed by atoms with E-state index in [1.54, 1.807) is 24.3 Å². The molecule has 1 aliphatic heterocycles. The number of benzene rings is 3. The molecule has 1 amide bonds. The summed E-state index contributed by atoms with van der Waals surface area (Å²) in [5.74, 6) is -0.0633. The minimum atomic E-state index is -3.72. The molecule has 29 heavy (non-hydrogen) atoms. The number of carbonyl (C=O) groups is 1. The van der Waals surface area contributed by atoms with E-state index in [0.717, 1.165) is 6.42 Å². The van der Waals surface area contributed by atoms with Crippen molar-refractivity contribution in [3.8, 4) is 0 Å². The Balaban J connectivity index is 1.46. The molecule has 0 unspecified atom stereocenters. The monoisotopic (exact) mass is 426 g/mol. The molecule has 5 nitrogen and oxygen atoms in total. The second-order valence-corrected chi connectivity index (χ2v) is 9.00. The molecule has 1 N–H and O–H groups in total. The van der Waals surface area contributed by atoms with Crippen LogP contribution in [0.2, 0.25) is 5.02 Å². The third-order valence-corrected chi connectivity index (χ3v) is 6.58. The summed E-state index contributed by atoms with van der Waals surface area (Å²) in [6.45, 7) is 1.25. The molecule has 4 rings (SSSR count).